The van der Waals surface area contributed by atoms with Crippen molar-refractivity contribution < 1.29 is 4.74 Å². The second kappa shape index (κ2) is 4.34. The molecule has 0 N–H and O–H groups in total. The van der Waals surface area contributed by atoms with Crippen molar-refractivity contribution in [2.24, 2.45) is 0 Å². The summed E-state index contributed by atoms with van der Waals surface area (Å²) in [5, 5.41) is 9.04. The monoisotopic (exact) mass is 226 g/mol. The third-order valence-electron chi connectivity index (χ3n) is 2.88. The SMILES string of the molecule is COc1ccccc1-n1c(C)cc(C#N)c1C. The fraction of sp³-hybridized carbons (Fsp3) is 0.214. The number of para-hydroxylation sites is 2. The van der Waals surface area contributed by atoms with Crippen LogP contribution in [0.3, 0.4) is 0 Å². The lowest BCUT2D eigenvalue weighted by Crippen LogP contribution is -2.01. The van der Waals surface area contributed by atoms with E-state index in [0.717, 1.165) is 22.8 Å². The van der Waals surface area contributed by atoms with E-state index in [9.17, 15) is 0 Å². The van der Waals surface area contributed by atoms with Crippen LogP contribution in [0, 0.1) is 25.2 Å². The van der Waals surface area contributed by atoms with Gasteiger partial charge in [-0.25, -0.2) is 0 Å². The van der Waals surface area contributed by atoms with Crippen LogP contribution < -0.4 is 4.74 Å². The van der Waals surface area contributed by atoms with Crippen LogP contribution in [0.15, 0.2) is 30.3 Å². The first kappa shape index (κ1) is 11.3. The van der Waals surface area contributed by atoms with E-state index in [0.29, 0.717) is 5.56 Å². The summed E-state index contributed by atoms with van der Waals surface area (Å²) in [6.07, 6.45) is 0. The van der Waals surface area contributed by atoms with Crippen molar-refractivity contribution in [3.05, 3.63) is 47.3 Å². The Bertz CT molecular complexity index is 591. The van der Waals surface area contributed by atoms with E-state index in [1.165, 1.54) is 0 Å². The molecule has 1 heterocycles. The number of nitrogens with zero attached hydrogens (tertiary/aromatic N) is 2. The first-order chi connectivity index (χ1) is 8.19. The molecule has 2 rings (SSSR count). The van der Waals surface area contributed by atoms with E-state index in [-0.39, 0.29) is 0 Å². The zero-order chi connectivity index (χ0) is 12.4. The van der Waals surface area contributed by atoms with Gasteiger partial charge in [0.05, 0.1) is 18.4 Å². The first-order valence-electron chi connectivity index (χ1n) is 5.41. The van der Waals surface area contributed by atoms with Gasteiger partial charge in [0.15, 0.2) is 0 Å². The summed E-state index contributed by atoms with van der Waals surface area (Å²) in [5.74, 6) is 0.804. The summed E-state index contributed by atoms with van der Waals surface area (Å²) in [5.41, 5.74) is 3.64. The van der Waals surface area contributed by atoms with E-state index in [2.05, 4.69) is 6.07 Å². The highest BCUT2D eigenvalue weighted by atomic mass is 16.5. The molecule has 0 atom stereocenters. The molecule has 0 aliphatic rings. The number of nitriles is 1. The third-order valence-corrected chi connectivity index (χ3v) is 2.88. The van der Waals surface area contributed by atoms with Gasteiger partial charge in [0.1, 0.15) is 11.8 Å². The molecule has 1 aromatic carbocycles. The average Bonchev–Trinajstić information content (AvgIpc) is 2.64. The normalized spacial score (nSPS) is 10.0. The second-order valence-electron chi connectivity index (χ2n) is 3.90. The number of benzene rings is 1. The third kappa shape index (κ3) is 1.78. The van der Waals surface area contributed by atoms with E-state index in [1.807, 2.05) is 48.7 Å². The molecular weight excluding hydrogens is 212 g/mol. The van der Waals surface area contributed by atoms with Gasteiger partial charge in [-0.15, -0.1) is 0 Å². The van der Waals surface area contributed by atoms with Crippen LogP contribution in [0.1, 0.15) is 17.0 Å². The van der Waals surface area contributed by atoms with Gasteiger partial charge < -0.3 is 9.30 Å². The summed E-state index contributed by atoms with van der Waals surface area (Å²) >= 11 is 0. The van der Waals surface area contributed by atoms with Crippen molar-refractivity contribution in [3.63, 3.8) is 0 Å². The zero-order valence-electron chi connectivity index (χ0n) is 10.2. The molecular formula is C14H14N2O. The molecule has 0 saturated carbocycles. The molecule has 3 heteroatoms. The van der Waals surface area contributed by atoms with Crippen molar-refractivity contribution in [1.82, 2.24) is 4.57 Å². The number of rotatable bonds is 2. The topological polar surface area (TPSA) is 38.0 Å². The number of ether oxygens (including phenoxy) is 1. The smallest absolute Gasteiger partial charge is 0.142 e. The van der Waals surface area contributed by atoms with Crippen molar-refractivity contribution in [2.45, 2.75) is 13.8 Å². The van der Waals surface area contributed by atoms with Crippen molar-refractivity contribution in [1.29, 1.82) is 5.26 Å². The number of aromatic nitrogens is 1. The Morgan fingerprint density at radius 2 is 1.94 bits per heavy atom. The maximum Gasteiger partial charge on any atom is 0.142 e. The van der Waals surface area contributed by atoms with E-state index in [1.54, 1.807) is 7.11 Å². The van der Waals surface area contributed by atoms with Gasteiger partial charge in [-0.2, -0.15) is 5.26 Å². The molecule has 0 bridgehead atoms. The molecule has 0 aliphatic heterocycles. The fourth-order valence-corrected chi connectivity index (χ4v) is 2.06. The van der Waals surface area contributed by atoms with Gasteiger partial charge in [0, 0.05) is 11.4 Å². The second-order valence-corrected chi connectivity index (χ2v) is 3.90. The Kier molecular flexibility index (Phi) is 2.88. The number of aryl methyl sites for hydroxylation is 1. The van der Waals surface area contributed by atoms with Crippen LogP contribution >= 0.6 is 0 Å². The molecule has 0 aliphatic carbocycles. The zero-order valence-corrected chi connectivity index (χ0v) is 10.2. The van der Waals surface area contributed by atoms with E-state index >= 15 is 0 Å². The van der Waals surface area contributed by atoms with Gasteiger partial charge in [0.2, 0.25) is 0 Å². The summed E-state index contributed by atoms with van der Waals surface area (Å²) in [6.45, 7) is 3.93. The minimum Gasteiger partial charge on any atom is -0.495 e. The Morgan fingerprint density at radius 3 is 2.53 bits per heavy atom. The Hall–Kier alpha value is -2.21. The molecule has 0 unspecified atom stereocenters. The summed E-state index contributed by atoms with van der Waals surface area (Å²) in [4.78, 5) is 0. The highest BCUT2D eigenvalue weighted by molar-refractivity contribution is 5.52. The molecule has 1 aromatic heterocycles. The van der Waals surface area contributed by atoms with Crippen molar-refractivity contribution in [3.8, 4) is 17.5 Å². The average molecular weight is 226 g/mol. The largest absolute Gasteiger partial charge is 0.495 e. The van der Waals surface area contributed by atoms with Gasteiger partial charge >= 0.3 is 0 Å². The maximum absolute atomic E-state index is 9.04. The minimum absolute atomic E-state index is 0.702. The van der Waals surface area contributed by atoms with E-state index in [4.69, 9.17) is 10.00 Å². The Balaban J connectivity index is 2.69. The van der Waals surface area contributed by atoms with Crippen molar-refractivity contribution >= 4 is 0 Å². The highest BCUT2D eigenvalue weighted by Gasteiger charge is 2.12. The summed E-state index contributed by atoms with van der Waals surface area (Å²) in [7, 11) is 1.65. The number of hydrogen-bond acceptors (Lipinski definition) is 2. The Labute approximate surface area is 101 Å². The minimum atomic E-state index is 0.702. The molecule has 0 spiro atoms. The standard InChI is InChI=1S/C14H14N2O/c1-10-8-12(9-15)11(2)16(10)13-6-4-5-7-14(13)17-3/h4-8H,1-3H3. The lowest BCUT2D eigenvalue weighted by molar-refractivity contribution is 0.412. The Morgan fingerprint density at radius 1 is 1.24 bits per heavy atom. The van der Waals surface area contributed by atoms with Crippen LogP contribution in [0.25, 0.3) is 5.69 Å². The summed E-state index contributed by atoms with van der Waals surface area (Å²) < 4.78 is 7.39. The highest BCUT2D eigenvalue weighted by Crippen LogP contribution is 2.27. The molecule has 86 valence electrons. The van der Waals surface area contributed by atoms with Crippen LogP contribution in [-0.4, -0.2) is 11.7 Å². The molecule has 17 heavy (non-hydrogen) atoms. The predicted molar refractivity (Wildman–Crippen MR) is 66.5 cm³/mol. The molecule has 0 saturated heterocycles. The maximum atomic E-state index is 9.04. The van der Waals surface area contributed by atoms with Gasteiger partial charge in [-0.3, -0.25) is 0 Å². The van der Waals surface area contributed by atoms with Crippen LogP contribution in [0.2, 0.25) is 0 Å². The fourth-order valence-electron chi connectivity index (χ4n) is 2.06. The lowest BCUT2D eigenvalue weighted by atomic mass is 10.2. The molecule has 0 amide bonds. The molecule has 0 radical (unpaired) electrons. The van der Waals surface area contributed by atoms with Crippen molar-refractivity contribution in [2.75, 3.05) is 7.11 Å². The summed E-state index contributed by atoms with van der Waals surface area (Å²) in [6, 6.07) is 11.9. The number of hydrogen-bond donors (Lipinski definition) is 0. The van der Waals surface area contributed by atoms with Gasteiger partial charge in [0.25, 0.3) is 0 Å². The first-order valence-corrected chi connectivity index (χ1v) is 5.41. The van der Waals surface area contributed by atoms with Gasteiger partial charge in [-0.1, -0.05) is 12.1 Å². The molecule has 2 aromatic rings. The number of methoxy groups -OCH3 is 1. The van der Waals surface area contributed by atoms with E-state index < -0.39 is 0 Å². The van der Waals surface area contributed by atoms with Gasteiger partial charge in [-0.05, 0) is 32.0 Å². The molecule has 0 fully saturated rings. The predicted octanol–water partition coefficient (Wildman–Crippen LogP) is 2.97. The quantitative estimate of drug-likeness (QED) is 0.789. The van der Waals surface area contributed by atoms with Crippen LogP contribution in [-0.2, 0) is 0 Å². The van der Waals surface area contributed by atoms with Crippen LogP contribution in [0.4, 0.5) is 0 Å². The lowest BCUT2D eigenvalue weighted by Gasteiger charge is -2.13. The molecule has 3 nitrogen and oxygen atoms in total. The van der Waals surface area contributed by atoms with Crippen LogP contribution in [0.5, 0.6) is 5.75 Å².